The van der Waals surface area contributed by atoms with E-state index in [0.29, 0.717) is 0 Å². The van der Waals surface area contributed by atoms with Gasteiger partial charge in [0.25, 0.3) is 0 Å². The molecule has 0 heterocycles. The topological polar surface area (TPSA) is 57.2 Å². The first-order chi connectivity index (χ1) is 14.7. The van der Waals surface area contributed by atoms with Crippen molar-refractivity contribution in [3.8, 4) is 0 Å². The van der Waals surface area contributed by atoms with Crippen LogP contribution in [0, 0.1) is 0 Å². The van der Waals surface area contributed by atoms with Crippen LogP contribution in [0.25, 0.3) is 0 Å². The number of halogens is 19. The Morgan fingerprint density at radius 3 is 1.03 bits per heavy atom. The number of hydrogen-bond donors (Lipinski definition) is 0. The molecule has 0 saturated carbocycles. The van der Waals surface area contributed by atoms with Gasteiger partial charge in [-0.25, -0.2) is 8.42 Å². The molecule has 0 aliphatic rings. The van der Waals surface area contributed by atoms with Gasteiger partial charge in [0.15, 0.2) is 10.1 Å². The maximum Gasteiger partial charge on any atom is 1.00 e. The van der Waals surface area contributed by atoms with E-state index in [9.17, 15) is 96.4 Å². The van der Waals surface area contributed by atoms with Crippen molar-refractivity contribution in [3.63, 3.8) is 0 Å². The molecule has 0 saturated heterocycles. The molecule has 36 heavy (non-hydrogen) atoms. The van der Waals surface area contributed by atoms with Crippen molar-refractivity contribution in [1.29, 1.82) is 0 Å². The molecule has 0 N–H and O–H groups in total. The minimum atomic E-state index is -8.95. The molecule has 0 amide bonds. The van der Waals surface area contributed by atoms with Crippen LogP contribution in [0.4, 0.5) is 83.4 Å². The monoisotopic (exact) mass is 630 g/mol. The Morgan fingerprint density at radius 1 is 0.472 bits per heavy atom. The van der Waals surface area contributed by atoms with Crippen molar-refractivity contribution in [1.82, 2.24) is 0 Å². The van der Waals surface area contributed by atoms with Crippen LogP contribution in [0.5, 0.6) is 0 Å². The summed E-state index contributed by atoms with van der Waals surface area (Å²) in [6, 6.07) is 0. The number of alkyl halides is 19. The summed E-state index contributed by atoms with van der Waals surface area (Å²) < 4.78 is 278. The molecule has 0 rings (SSSR count). The Morgan fingerprint density at radius 2 is 0.750 bits per heavy atom. The van der Waals surface area contributed by atoms with E-state index in [1.165, 1.54) is 0 Å². The van der Waals surface area contributed by atoms with Crippen molar-refractivity contribution >= 4 is 10.1 Å². The maximum atomic E-state index is 13.5. The molecule has 0 atom stereocenters. The summed E-state index contributed by atoms with van der Waals surface area (Å²) in [7, 11) is -8.20. The van der Waals surface area contributed by atoms with Gasteiger partial charge in [-0.1, -0.05) is 0 Å². The first-order valence-corrected chi connectivity index (χ1v) is 9.16. The van der Waals surface area contributed by atoms with Gasteiger partial charge in [0.2, 0.25) is 0 Å². The van der Waals surface area contributed by atoms with E-state index in [1.807, 2.05) is 0 Å². The van der Waals surface area contributed by atoms with Crippen LogP contribution < -0.4 is 51.4 Å². The van der Waals surface area contributed by atoms with Gasteiger partial charge in [0.05, 0.1) is 0 Å². The molecule has 0 radical (unpaired) electrons. The van der Waals surface area contributed by atoms with Gasteiger partial charge in [-0.05, 0) is 6.42 Å². The molecular weight excluding hydrogens is 624 g/mol. The molecule has 0 bridgehead atoms. The van der Waals surface area contributed by atoms with Gasteiger partial charge in [-0.2, -0.15) is 83.4 Å². The van der Waals surface area contributed by atoms with Gasteiger partial charge >= 0.3 is 104 Å². The van der Waals surface area contributed by atoms with Crippen molar-refractivity contribution in [2.45, 2.75) is 72.2 Å². The molecule has 0 aliphatic heterocycles. The second kappa shape index (κ2) is 10.3. The second-order valence-electron chi connectivity index (χ2n) is 6.59. The molecule has 0 aromatic heterocycles. The third-order valence-corrected chi connectivity index (χ3v) is 4.95. The molecular formula is C12H6F19KO3S. The molecule has 0 aliphatic carbocycles. The zero-order valence-corrected chi connectivity index (χ0v) is 20.4. The van der Waals surface area contributed by atoms with E-state index in [4.69, 9.17) is 0 Å². The van der Waals surface area contributed by atoms with Crippen LogP contribution in [0.2, 0.25) is 0 Å². The van der Waals surface area contributed by atoms with E-state index in [-0.39, 0.29) is 51.4 Å². The van der Waals surface area contributed by atoms with Crippen LogP contribution in [0.15, 0.2) is 0 Å². The molecule has 0 spiro atoms. The van der Waals surface area contributed by atoms with Crippen molar-refractivity contribution in [2.75, 3.05) is 0 Å². The predicted molar refractivity (Wildman–Crippen MR) is 69.2 cm³/mol. The Hall–Kier alpha value is 0.216. The Balaban J connectivity index is 0. The van der Waals surface area contributed by atoms with E-state index in [0.717, 1.165) is 0 Å². The van der Waals surface area contributed by atoms with Crippen molar-refractivity contribution < 1.29 is 148 Å². The fourth-order valence-electron chi connectivity index (χ4n) is 2.03. The average molecular weight is 630 g/mol. The smallest absolute Gasteiger partial charge is 0.743 e. The quantitative estimate of drug-likeness (QED) is 0.200. The van der Waals surface area contributed by atoms with E-state index in [2.05, 4.69) is 0 Å². The minimum Gasteiger partial charge on any atom is -0.743 e. The minimum absolute atomic E-state index is 0. The summed E-state index contributed by atoms with van der Waals surface area (Å²) in [5.41, 5.74) is 0. The zero-order valence-electron chi connectivity index (χ0n) is 16.4. The Kier molecular flexibility index (Phi) is 11.0. The third-order valence-electron chi connectivity index (χ3n) is 4.06. The van der Waals surface area contributed by atoms with Crippen molar-refractivity contribution in [3.05, 3.63) is 0 Å². The van der Waals surface area contributed by atoms with Gasteiger partial charge < -0.3 is 4.55 Å². The van der Waals surface area contributed by atoms with Crippen LogP contribution >= 0.6 is 0 Å². The molecule has 0 fully saturated rings. The van der Waals surface area contributed by atoms with E-state index < -0.39 is 82.3 Å². The number of rotatable bonds is 11. The fourth-order valence-corrected chi connectivity index (χ4v) is 2.47. The summed E-state index contributed by atoms with van der Waals surface area (Å²) in [6.45, 7) is 0. The summed E-state index contributed by atoms with van der Waals surface area (Å²) in [4.78, 5) is 0. The summed E-state index contributed by atoms with van der Waals surface area (Å²) >= 11 is 0. The van der Waals surface area contributed by atoms with Gasteiger partial charge in [-0.15, -0.1) is 0 Å². The zero-order chi connectivity index (χ0) is 29.1. The first-order valence-electron chi connectivity index (χ1n) is 7.75. The van der Waals surface area contributed by atoms with E-state index in [1.54, 1.807) is 0 Å². The van der Waals surface area contributed by atoms with Crippen LogP contribution in [0.3, 0.4) is 0 Å². The normalized spacial score (nSPS) is 16.1. The summed E-state index contributed by atoms with van der Waals surface area (Å²) in [5, 5.41) is -8.00. The standard InChI is InChI=1S/C12H7F19O3S.K/c13-4(14,2-1-3-5(15,16)17)6(18,19)7(20,21)8(22,23)9(24,25)10(26,27)11(28,29)12(30,31)35(32,33)34;/h1-3H2,(H,32,33,34);/q;+1/p-1. The molecule has 24 heteroatoms. The van der Waals surface area contributed by atoms with E-state index >= 15 is 0 Å². The van der Waals surface area contributed by atoms with Crippen molar-refractivity contribution in [2.24, 2.45) is 0 Å². The van der Waals surface area contributed by atoms with Gasteiger partial charge in [0, 0.05) is 12.8 Å². The molecule has 3 nitrogen and oxygen atoms in total. The second-order valence-corrected chi connectivity index (χ2v) is 8.01. The Bertz CT molecular complexity index is 879. The van der Waals surface area contributed by atoms with Crippen LogP contribution in [0.1, 0.15) is 19.3 Å². The van der Waals surface area contributed by atoms with Crippen LogP contribution in [-0.2, 0) is 10.1 Å². The molecule has 0 unspecified atom stereocenters. The third kappa shape index (κ3) is 5.87. The number of hydrogen-bond acceptors (Lipinski definition) is 3. The molecule has 0 aromatic carbocycles. The first kappa shape index (κ1) is 38.4. The largest absolute Gasteiger partial charge is 1.00 e. The fraction of sp³-hybridized carbons (Fsp3) is 1.00. The van der Waals surface area contributed by atoms with Crippen LogP contribution in [-0.4, -0.2) is 65.9 Å². The SMILES string of the molecule is O=S(=O)([O-])C(F)(F)C(F)(F)C(F)(F)C(F)(F)C(F)(F)C(F)(F)C(F)(F)C(F)(F)CCCC(F)(F)F.[K+]. The molecule has 0 aromatic rings. The average Bonchev–Trinajstić information content (AvgIpc) is 2.58. The molecule has 212 valence electrons. The maximum absolute atomic E-state index is 13.5. The Labute approximate surface area is 228 Å². The predicted octanol–water partition coefficient (Wildman–Crippen LogP) is 3.31. The van der Waals surface area contributed by atoms with Gasteiger partial charge in [-0.3, -0.25) is 0 Å². The van der Waals surface area contributed by atoms with Gasteiger partial charge in [0.1, 0.15) is 0 Å². The summed E-state index contributed by atoms with van der Waals surface area (Å²) in [5.74, 6) is -58.8. The summed E-state index contributed by atoms with van der Waals surface area (Å²) in [6.07, 6.45) is -13.4.